The zero-order chi connectivity index (χ0) is 14.2. The number of nitrogens with zero attached hydrogens (tertiary/aromatic N) is 2. The van der Waals surface area contributed by atoms with Gasteiger partial charge in [0.25, 0.3) is 0 Å². The van der Waals surface area contributed by atoms with Gasteiger partial charge >= 0.3 is 0 Å². The van der Waals surface area contributed by atoms with E-state index < -0.39 is 0 Å². The summed E-state index contributed by atoms with van der Waals surface area (Å²) in [5.74, 6) is 1.12. The van der Waals surface area contributed by atoms with Crippen LogP contribution >= 0.6 is 0 Å². The average Bonchev–Trinajstić information content (AvgIpc) is 2.48. The van der Waals surface area contributed by atoms with Crippen LogP contribution in [0.5, 0.6) is 0 Å². The molecule has 0 radical (unpaired) electrons. The largest absolute Gasteiger partial charge is 0.355 e. The van der Waals surface area contributed by atoms with E-state index in [1.54, 1.807) is 0 Å². The fourth-order valence-corrected chi connectivity index (χ4v) is 3.39. The first kappa shape index (κ1) is 15.8. The van der Waals surface area contributed by atoms with Crippen molar-refractivity contribution in [3.05, 3.63) is 0 Å². The normalized spacial score (nSPS) is 22.9. The van der Waals surface area contributed by atoms with Crippen LogP contribution in [0.3, 0.4) is 0 Å². The van der Waals surface area contributed by atoms with Crippen LogP contribution in [0.4, 0.5) is 0 Å². The summed E-state index contributed by atoms with van der Waals surface area (Å²) in [6.45, 7) is 9.13. The van der Waals surface area contributed by atoms with Gasteiger partial charge in [0.2, 0.25) is 5.91 Å². The van der Waals surface area contributed by atoms with Crippen LogP contribution in [0, 0.1) is 5.92 Å². The Morgan fingerprint density at radius 3 is 2.35 bits per heavy atom. The van der Waals surface area contributed by atoms with E-state index in [0.717, 1.165) is 45.1 Å². The summed E-state index contributed by atoms with van der Waals surface area (Å²) in [6.07, 6.45) is 8.18. The predicted molar refractivity (Wildman–Crippen MR) is 82.8 cm³/mol. The molecule has 4 nitrogen and oxygen atoms in total. The molecule has 0 aromatic rings. The Kier molecular flexibility index (Phi) is 6.80. The lowest BCUT2D eigenvalue weighted by Crippen LogP contribution is -2.50. The van der Waals surface area contributed by atoms with Gasteiger partial charge in [-0.15, -0.1) is 0 Å². The molecule has 1 saturated heterocycles. The van der Waals surface area contributed by atoms with Crippen molar-refractivity contribution in [2.75, 3.05) is 45.8 Å². The third-order valence-corrected chi connectivity index (χ3v) is 4.65. The summed E-state index contributed by atoms with van der Waals surface area (Å²) < 4.78 is 0. The van der Waals surface area contributed by atoms with Crippen LogP contribution in [0.2, 0.25) is 0 Å². The van der Waals surface area contributed by atoms with Gasteiger partial charge in [-0.1, -0.05) is 26.2 Å². The fraction of sp³-hybridized carbons (Fsp3) is 0.938. The molecule has 1 amide bonds. The minimum Gasteiger partial charge on any atom is -0.355 e. The Hall–Kier alpha value is -0.610. The summed E-state index contributed by atoms with van der Waals surface area (Å²) in [5.41, 5.74) is 0. The zero-order valence-electron chi connectivity index (χ0n) is 13.1. The first-order valence-electron chi connectivity index (χ1n) is 8.49. The van der Waals surface area contributed by atoms with Crippen molar-refractivity contribution in [1.29, 1.82) is 0 Å². The Bertz CT molecular complexity index is 281. The molecular weight excluding hydrogens is 250 g/mol. The SMILES string of the molecule is CCCNC(=O)CN1CCN(CC2CCCCC2)CC1. The molecule has 1 aliphatic heterocycles. The number of piperazine rings is 1. The highest BCUT2D eigenvalue weighted by Gasteiger charge is 2.22. The van der Waals surface area contributed by atoms with E-state index in [-0.39, 0.29) is 5.91 Å². The molecular formula is C16H31N3O. The van der Waals surface area contributed by atoms with Gasteiger partial charge in [0.1, 0.15) is 0 Å². The molecule has 1 saturated carbocycles. The molecule has 2 rings (SSSR count). The minimum absolute atomic E-state index is 0.188. The van der Waals surface area contributed by atoms with Crippen LogP contribution in [-0.2, 0) is 4.79 Å². The monoisotopic (exact) mass is 281 g/mol. The molecule has 116 valence electrons. The van der Waals surface area contributed by atoms with Crippen LogP contribution in [0.1, 0.15) is 45.4 Å². The van der Waals surface area contributed by atoms with Gasteiger partial charge in [-0.05, 0) is 25.2 Å². The number of hydrogen-bond acceptors (Lipinski definition) is 3. The van der Waals surface area contributed by atoms with Gasteiger partial charge < -0.3 is 10.2 Å². The average molecular weight is 281 g/mol. The molecule has 0 bridgehead atoms. The van der Waals surface area contributed by atoms with Crippen molar-refractivity contribution >= 4 is 5.91 Å². The highest BCUT2D eigenvalue weighted by molar-refractivity contribution is 5.77. The van der Waals surface area contributed by atoms with Crippen LogP contribution in [0.15, 0.2) is 0 Å². The molecule has 20 heavy (non-hydrogen) atoms. The predicted octanol–water partition coefficient (Wildman–Crippen LogP) is 1.71. The van der Waals surface area contributed by atoms with Crippen molar-refractivity contribution in [2.24, 2.45) is 5.92 Å². The second-order valence-corrected chi connectivity index (χ2v) is 6.43. The number of nitrogens with one attached hydrogen (secondary N) is 1. The summed E-state index contributed by atoms with van der Waals surface area (Å²) in [5, 5.41) is 2.96. The molecule has 2 fully saturated rings. The number of rotatable bonds is 6. The second-order valence-electron chi connectivity index (χ2n) is 6.43. The van der Waals surface area contributed by atoms with E-state index in [1.807, 2.05) is 0 Å². The Morgan fingerprint density at radius 2 is 1.70 bits per heavy atom. The lowest BCUT2D eigenvalue weighted by Gasteiger charge is -2.37. The van der Waals surface area contributed by atoms with Gasteiger partial charge in [0.05, 0.1) is 6.54 Å². The van der Waals surface area contributed by atoms with Crippen LogP contribution in [-0.4, -0.2) is 61.5 Å². The molecule has 1 aliphatic carbocycles. The smallest absolute Gasteiger partial charge is 0.234 e. The maximum Gasteiger partial charge on any atom is 0.234 e. The molecule has 0 atom stereocenters. The van der Waals surface area contributed by atoms with E-state index in [1.165, 1.54) is 38.6 Å². The number of carbonyl (C=O) groups excluding carboxylic acids is 1. The molecule has 1 heterocycles. The topological polar surface area (TPSA) is 35.6 Å². The van der Waals surface area contributed by atoms with E-state index in [0.29, 0.717) is 6.54 Å². The molecule has 0 aromatic carbocycles. The van der Waals surface area contributed by atoms with Crippen LogP contribution in [0.25, 0.3) is 0 Å². The van der Waals surface area contributed by atoms with Gasteiger partial charge in [-0.25, -0.2) is 0 Å². The van der Waals surface area contributed by atoms with Gasteiger partial charge in [0, 0.05) is 39.3 Å². The van der Waals surface area contributed by atoms with Crippen molar-refractivity contribution in [3.8, 4) is 0 Å². The molecule has 2 aliphatic rings. The van der Waals surface area contributed by atoms with E-state index in [4.69, 9.17) is 0 Å². The number of carbonyl (C=O) groups is 1. The molecule has 0 unspecified atom stereocenters. The third-order valence-electron chi connectivity index (χ3n) is 4.65. The molecule has 0 spiro atoms. The Morgan fingerprint density at radius 1 is 1.05 bits per heavy atom. The first-order chi connectivity index (χ1) is 9.78. The summed E-state index contributed by atoms with van der Waals surface area (Å²) in [6, 6.07) is 0. The minimum atomic E-state index is 0.188. The van der Waals surface area contributed by atoms with Crippen molar-refractivity contribution in [1.82, 2.24) is 15.1 Å². The number of amides is 1. The fourth-order valence-electron chi connectivity index (χ4n) is 3.39. The zero-order valence-corrected chi connectivity index (χ0v) is 13.1. The van der Waals surface area contributed by atoms with Gasteiger partial charge in [-0.2, -0.15) is 0 Å². The highest BCUT2D eigenvalue weighted by atomic mass is 16.2. The quantitative estimate of drug-likeness (QED) is 0.805. The Labute approximate surface area is 123 Å². The summed E-state index contributed by atoms with van der Waals surface area (Å²) in [7, 11) is 0. The lowest BCUT2D eigenvalue weighted by atomic mass is 9.89. The van der Waals surface area contributed by atoms with E-state index in [2.05, 4.69) is 22.0 Å². The van der Waals surface area contributed by atoms with Gasteiger partial charge in [-0.3, -0.25) is 9.69 Å². The van der Waals surface area contributed by atoms with Gasteiger partial charge in [0.15, 0.2) is 0 Å². The lowest BCUT2D eigenvalue weighted by molar-refractivity contribution is -0.122. The maximum atomic E-state index is 11.7. The molecule has 1 N–H and O–H groups in total. The summed E-state index contributed by atoms with van der Waals surface area (Å²) >= 11 is 0. The standard InChI is InChI=1S/C16H31N3O/c1-2-8-17-16(20)14-19-11-9-18(10-12-19)13-15-6-4-3-5-7-15/h15H,2-14H2,1H3,(H,17,20). The maximum absolute atomic E-state index is 11.7. The van der Waals surface area contributed by atoms with Crippen molar-refractivity contribution in [3.63, 3.8) is 0 Å². The van der Waals surface area contributed by atoms with E-state index in [9.17, 15) is 4.79 Å². The second kappa shape index (κ2) is 8.63. The van der Waals surface area contributed by atoms with Crippen molar-refractivity contribution in [2.45, 2.75) is 45.4 Å². The summed E-state index contributed by atoms with van der Waals surface area (Å²) in [4.78, 5) is 16.6. The van der Waals surface area contributed by atoms with Crippen molar-refractivity contribution < 1.29 is 4.79 Å². The third kappa shape index (κ3) is 5.41. The van der Waals surface area contributed by atoms with Crippen LogP contribution < -0.4 is 5.32 Å². The number of hydrogen-bond donors (Lipinski definition) is 1. The molecule has 4 heteroatoms. The Balaban J connectivity index is 1.60. The first-order valence-corrected chi connectivity index (χ1v) is 8.49. The van der Waals surface area contributed by atoms with E-state index >= 15 is 0 Å². The highest BCUT2D eigenvalue weighted by Crippen LogP contribution is 2.24. The molecule has 0 aromatic heterocycles.